The van der Waals surface area contributed by atoms with Crippen LogP contribution in [0.1, 0.15) is 389 Å². The van der Waals surface area contributed by atoms with Crippen molar-refractivity contribution in [3.05, 3.63) is 0 Å². The van der Waals surface area contributed by atoms with E-state index >= 15 is 0 Å². The summed E-state index contributed by atoms with van der Waals surface area (Å²) in [7, 11) is -9.91. The molecular weight excluding hydrogens is 1260 g/mol. The number of phosphoric ester groups is 2. The van der Waals surface area contributed by atoms with E-state index in [1.807, 2.05) is 0 Å². The molecule has 0 aromatic carbocycles. The zero-order valence-electron chi connectivity index (χ0n) is 63.0. The van der Waals surface area contributed by atoms with Crippen LogP contribution in [0.15, 0.2) is 0 Å². The Bertz CT molecular complexity index is 1850. The summed E-state index contributed by atoms with van der Waals surface area (Å²) in [5, 5.41) is 10.6. The van der Waals surface area contributed by atoms with Gasteiger partial charge in [-0.25, -0.2) is 9.13 Å². The Morgan fingerprint density at radius 1 is 0.260 bits per heavy atom. The molecule has 17 nitrogen and oxygen atoms in total. The molecule has 96 heavy (non-hydrogen) atoms. The van der Waals surface area contributed by atoms with Crippen LogP contribution < -0.4 is 0 Å². The molecule has 0 heterocycles. The summed E-state index contributed by atoms with van der Waals surface area (Å²) < 4.78 is 68.5. The van der Waals surface area contributed by atoms with Gasteiger partial charge in [0.1, 0.15) is 19.3 Å². The number of hydrogen-bond acceptors (Lipinski definition) is 15. The quantitative estimate of drug-likeness (QED) is 0.0222. The summed E-state index contributed by atoms with van der Waals surface area (Å²) in [5.41, 5.74) is 0. The maximum absolute atomic E-state index is 13.1. The average Bonchev–Trinajstić information content (AvgIpc) is 1.24. The van der Waals surface area contributed by atoms with Crippen LogP contribution in [-0.2, 0) is 65.4 Å². The molecule has 0 aromatic heterocycles. The second-order valence-electron chi connectivity index (χ2n) is 29.7. The smallest absolute Gasteiger partial charge is 0.462 e. The SMILES string of the molecule is CC(C)CCCCCCCCCCCCCCCCCC(=O)O[C@H](COC(=O)CCCCCCCCCC(C)C)COP(=O)(O)OCC(O)COP(=O)(O)OC[C@@H](COC(=O)CCCCCCCCCCCCCCCCC(C)C)OC(=O)CCCCCCCCCCC(C)C. The summed E-state index contributed by atoms with van der Waals surface area (Å²) in [6.45, 7) is 14.2. The molecule has 0 aliphatic carbocycles. The van der Waals surface area contributed by atoms with Crippen LogP contribution in [0.2, 0.25) is 0 Å². The maximum Gasteiger partial charge on any atom is 0.472 e. The van der Waals surface area contributed by atoms with E-state index in [4.69, 9.17) is 37.0 Å². The largest absolute Gasteiger partial charge is 0.472 e. The monoisotopic (exact) mass is 1410 g/mol. The number of aliphatic hydroxyl groups excluding tert-OH is 1. The van der Waals surface area contributed by atoms with Gasteiger partial charge in [-0.15, -0.1) is 0 Å². The number of carbonyl (C=O) groups excluding carboxylic acids is 4. The summed E-state index contributed by atoms with van der Waals surface area (Å²) in [5.74, 6) is 0.903. The molecule has 19 heteroatoms. The first-order valence-electron chi connectivity index (χ1n) is 39.7. The Labute approximate surface area is 588 Å². The normalized spacial score (nSPS) is 14.1. The van der Waals surface area contributed by atoms with Gasteiger partial charge in [0, 0.05) is 25.7 Å². The second-order valence-corrected chi connectivity index (χ2v) is 32.6. The van der Waals surface area contributed by atoms with E-state index < -0.39 is 97.5 Å². The molecule has 0 bridgehead atoms. The topological polar surface area (TPSA) is 237 Å². The molecule has 0 rings (SSSR count). The molecule has 0 radical (unpaired) electrons. The molecular formula is C77H150O17P2. The van der Waals surface area contributed by atoms with Crippen LogP contribution in [0, 0.1) is 23.7 Å². The molecule has 0 saturated heterocycles. The van der Waals surface area contributed by atoms with Crippen molar-refractivity contribution < 1.29 is 80.2 Å². The van der Waals surface area contributed by atoms with Gasteiger partial charge in [-0.05, 0) is 49.4 Å². The van der Waals surface area contributed by atoms with E-state index in [0.717, 1.165) is 114 Å². The maximum atomic E-state index is 13.1. The lowest BCUT2D eigenvalue weighted by molar-refractivity contribution is -0.161. The molecule has 0 aromatic rings. The fourth-order valence-corrected chi connectivity index (χ4v) is 13.3. The zero-order chi connectivity index (χ0) is 71.0. The van der Waals surface area contributed by atoms with E-state index in [9.17, 15) is 43.2 Å². The Morgan fingerprint density at radius 3 is 0.646 bits per heavy atom. The summed E-state index contributed by atoms with van der Waals surface area (Å²) in [6.07, 6.45) is 51.5. The third kappa shape index (κ3) is 70.5. The van der Waals surface area contributed by atoms with Crippen LogP contribution in [0.5, 0.6) is 0 Å². The minimum absolute atomic E-state index is 0.104. The highest BCUT2D eigenvalue weighted by Gasteiger charge is 2.30. The van der Waals surface area contributed by atoms with E-state index in [-0.39, 0.29) is 25.7 Å². The van der Waals surface area contributed by atoms with Crippen molar-refractivity contribution >= 4 is 39.5 Å². The molecule has 5 atom stereocenters. The van der Waals surface area contributed by atoms with Gasteiger partial charge in [-0.1, -0.05) is 338 Å². The van der Waals surface area contributed by atoms with E-state index in [2.05, 4.69) is 55.4 Å². The van der Waals surface area contributed by atoms with Crippen LogP contribution in [0.4, 0.5) is 0 Å². The molecule has 570 valence electrons. The van der Waals surface area contributed by atoms with E-state index in [1.165, 1.54) is 186 Å². The first-order chi connectivity index (χ1) is 46.1. The first kappa shape index (κ1) is 94.1. The van der Waals surface area contributed by atoms with Gasteiger partial charge in [-0.3, -0.25) is 37.3 Å². The molecule has 0 spiro atoms. The lowest BCUT2D eigenvalue weighted by Crippen LogP contribution is -2.30. The minimum atomic E-state index is -4.96. The van der Waals surface area contributed by atoms with Crippen LogP contribution in [0.25, 0.3) is 0 Å². The van der Waals surface area contributed by atoms with Crippen molar-refractivity contribution in [2.24, 2.45) is 23.7 Å². The fourth-order valence-electron chi connectivity index (χ4n) is 11.7. The molecule has 0 aliphatic rings. The van der Waals surface area contributed by atoms with Gasteiger partial charge in [-0.2, -0.15) is 0 Å². The minimum Gasteiger partial charge on any atom is -0.462 e. The molecule has 3 N–H and O–H groups in total. The molecule has 0 saturated carbocycles. The van der Waals surface area contributed by atoms with Crippen molar-refractivity contribution in [3.8, 4) is 0 Å². The van der Waals surface area contributed by atoms with Gasteiger partial charge in [0.05, 0.1) is 26.4 Å². The van der Waals surface area contributed by atoms with Crippen LogP contribution >= 0.6 is 15.6 Å². The number of hydrogen-bond donors (Lipinski definition) is 3. The van der Waals surface area contributed by atoms with Crippen molar-refractivity contribution in [1.82, 2.24) is 0 Å². The van der Waals surface area contributed by atoms with Gasteiger partial charge in [0.25, 0.3) is 0 Å². The van der Waals surface area contributed by atoms with Crippen molar-refractivity contribution in [1.29, 1.82) is 0 Å². The molecule has 3 unspecified atom stereocenters. The predicted octanol–water partition coefficient (Wildman–Crippen LogP) is 22.4. The first-order valence-corrected chi connectivity index (χ1v) is 42.7. The van der Waals surface area contributed by atoms with E-state index in [0.29, 0.717) is 31.6 Å². The third-order valence-corrected chi connectivity index (χ3v) is 19.7. The van der Waals surface area contributed by atoms with Crippen LogP contribution in [0.3, 0.4) is 0 Å². The number of esters is 4. The predicted molar refractivity (Wildman–Crippen MR) is 391 cm³/mol. The third-order valence-electron chi connectivity index (χ3n) is 17.8. The van der Waals surface area contributed by atoms with Crippen molar-refractivity contribution in [3.63, 3.8) is 0 Å². The summed E-state index contributed by atoms with van der Waals surface area (Å²) in [4.78, 5) is 72.8. The highest BCUT2D eigenvalue weighted by Crippen LogP contribution is 2.45. The summed E-state index contributed by atoms with van der Waals surface area (Å²) in [6, 6.07) is 0. The standard InChI is InChI=1S/C77H150O17P2/c1-67(2)53-45-37-29-22-18-14-10-9-11-17-21-25-34-43-51-59-76(81)93-73(64-88-75(80)58-50-42-36-28-32-40-48-56-70(7)8)66-92-96(85,86)90-62-71(78)61-89-95(83,84)91-65-72(94-77(82)60-52-44-35-27-26-31-39-47-55-69(5)6)63-87-74(79)57-49-41-33-24-20-16-13-12-15-19-23-30-38-46-54-68(3)4/h67-73,78H,9-66H2,1-8H3,(H,83,84)(H,85,86)/t71?,72-,73-/m1/s1. The number of phosphoric acid groups is 2. The lowest BCUT2D eigenvalue weighted by atomic mass is 10.0. The molecule has 0 aliphatic heterocycles. The number of ether oxygens (including phenoxy) is 4. The Hall–Kier alpha value is -1.94. The number of rotatable bonds is 74. The lowest BCUT2D eigenvalue weighted by Gasteiger charge is -2.21. The molecule has 0 fully saturated rings. The van der Waals surface area contributed by atoms with E-state index in [1.54, 1.807) is 0 Å². The molecule has 0 amide bonds. The van der Waals surface area contributed by atoms with Gasteiger partial charge >= 0.3 is 39.5 Å². The van der Waals surface area contributed by atoms with Gasteiger partial charge < -0.3 is 33.8 Å². The zero-order valence-corrected chi connectivity index (χ0v) is 64.8. The highest BCUT2D eigenvalue weighted by atomic mass is 31.2. The van der Waals surface area contributed by atoms with Crippen molar-refractivity contribution in [2.75, 3.05) is 39.6 Å². The Morgan fingerprint density at radius 2 is 0.438 bits per heavy atom. The number of carbonyl (C=O) groups is 4. The number of aliphatic hydroxyl groups is 1. The fraction of sp³-hybridized carbons (Fsp3) is 0.948. The Balaban J connectivity index is 5.20. The van der Waals surface area contributed by atoms with Gasteiger partial charge in [0.15, 0.2) is 12.2 Å². The average molecular weight is 1410 g/mol. The van der Waals surface area contributed by atoms with Gasteiger partial charge in [0.2, 0.25) is 0 Å². The highest BCUT2D eigenvalue weighted by molar-refractivity contribution is 7.47. The van der Waals surface area contributed by atoms with Crippen molar-refractivity contribution in [2.45, 2.75) is 408 Å². The van der Waals surface area contributed by atoms with Crippen LogP contribution in [-0.4, -0.2) is 96.7 Å². The number of unbranched alkanes of at least 4 members (excludes halogenated alkanes) is 40. The summed E-state index contributed by atoms with van der Waals surface area (Å²) >= 11 is 0. The Kier molecular flexibility index (Phi) is 65.0. The second kappa shape index (κ2) is 66.3.